The Morgan fingerprint density at radius 2 is 2.29 bits per heavy atom. The summed E-state index contributed by atoms with van der Waals surface area (Å²) in [6.07, 6.45) is 3.67. The summed E-state index contributed by atoms with van der Waals surface area (Å²) in [6, 6.07) is 5.19. The molecule has 0 aromatic heterocycles. The summed E-state index contributed by atoms with van der Waals surface area (Å²) in [4.78, 5) is 0. The van der Waals surface area contributed by atoms with Gasteiger partial charge in [-0.3, -0.25) is 0 Å². The number of rotatable bonds is 7. The van der Waals surface area contributed by atoms with Crippen molar-refractivity contribution in [2.24, 2.45) is 0 Å². The van der Waals surface area contributed by atoms with Gasteiger partial charge < -0.3 is 10.1 Å². The summed E-state index contributed by atoms with van der Waals surface area (Å²) in [7, 11) is 1.47. The average molecular weight is 237 g/mol. The lowest BCUT2D eigenvalue weighted by atomic mass is 10.0. The fraction of sp³-hybridized carbons (Fsp3) is 0.429. The number of hydrogen-bond donors (Lipinski definition) is 1. The lowest BCUT2D eigenvalue weighted by molar-refractivity contribution is 0.385. The molecule has 1 aromatic carbocycles. The van der Waals surface area contributed by atoms with Crippen LogP contribution in [-0.4, -0.2) is 13.7 Å². The van der Waals surface area contributed by atoms with E-state index in [1.807, 2.05) is 12.1 Å². The maximum Gasteiger partial charge on any atom is 0.165 e. The van der Waals surface area contributed by atoms with Crippen molar-refractivity contribution in [1.82, 2.24) is 5.32 Å². The first-order valence-electron chi connectivity index (χ1n) is 5.90. The average Bonchev–Trinajstić information content (AvgIpc) is 2.34. The van der Waals surface area contributed by atoms with E-state index in [2.05, 4.69) is 18.8 Å². The van der Waals surface area contributed by atoms with Gasteiger partial charge in [0.25, 0.3) is 0 Å². The second kappa shape index (κ2) is 7.07. The highest BCUT2D eigenvalue weighted by atomic mass is 19.1. The van der Waals surface area contributed by atoms with Crippen LogP contribution in [0, 0.1) is 5.82 Å². The molecule has 1 unspecified atom stereocenters. The third kappa shape index (κ3) is 3.86. The Balaban J connectivity index is 2.85. The van der Waals surface area contributed by atoms with Crippen molar-refractivity contribution in [3.63, 3.8) is 0 Å². The van der Waals surface area contributed by atoms with E-state index in [1.165, 1.54) is 13.2 Å². The molecule has 2 nitrogen and oxygen atoms in total. The molecule has 94 valence electrons. The second-order valence-electron chi connectivity index (χ2n) is 3.93. The normalized spacial score (nSPS) is 12.2. The van der Waals surface area contributed by atoms with E-state index in [0.717, 1.165) is 24.9 Å². The van der Waals surface area contributed by atoms with Gasteiger partial charge in [0.1, 0.15) is 0 Å². The predicted octanol–water partition coefficient (Wildman–Crippen LogP) is 3.45. The molecule has 1 rings (SSSR count). The topological polar surface area (TPSA) is 21.3 Å². The van der Waals surface area contributed by atoms with Crippen molar-refractivity contribution in [3.8, 4) is 5.75 Å². The molecule has 1 atom stereocenters. The standard InChI is InChI=1S/C14H20FNO/c1-4-6-13(16-9-5-2)11-7-8-14(17-3)12(15)10-11/h4,7-8,10,13,16H,1,5-6,9H2,2-3H3. The Hall–Kier alpha value is -1.35. The summed E-state index contributed by atoms with van der Waals surface area (Å²) >= 11 is 0. The lowest BCUT2D eigenvalue weighted by Gasteiger charge is -2.17. The van der Waals surface area contributed by atoms with Crippen molar-refractivity contribution in [1.29, 1.82) is 0 Å². The highest BCUT2D eigenvalue weighted by Crippen LogP contribution is 2.23. The largest absolute Gasteiger partial charge is 0.494 e. The van der Waals surface area contributed by atoms with Gasteiger partial charge in [0, 0.05) is 6.04 Å². The summed E-state index contributed by atoms with van der Waals surface area (Å²) in [6.45, 7) is 6.74. The summed E-state index contributed by atoms with van der Waals surface area (Å²) in [5.41, 5.74) is 0.927. The summed E-state index contributed by atoms with van der Waals surface area (Å²) < 4.78 is 18.5. The molecule has 0 saturated carbocycles. The van der Waals surface area contributed by atoms with Gasteiger partial charge in [0.2, 0.25) is 0 Å². The zero-order valence-electron chi connectivity index (χ0n) is 10.5. The van der Waals surface area contributed by atoms with Crippen LogP contribution in [0.5, 0.6) is 5.75 Å². The number of ether oxygens (including phenoxy) is 1. The molecule has 0 heterocycles. The number of halogens is 1. The van der Waals surface area contributed by atoms with E-state index in [1.54, 1.807) is 6.07 Å². The van der Waals surface area contributed by atoms with Gasteiger partial charge in [-0.15, -0.1) is 6.58 Å². The summed E-state index contributed by atoms with van der Waals surface area (Å²) in [5.74, 6) is -0.0426. The molecule has 0 aliphatic rings. The molecule has 0 radical (unpaired) electrons. The van der Waals surface area contributed by atoms with E-state index in [-0.39, 0.29) is 17.6 Å². The van der Waals surface area contributed by atoms with E-state index >= 15 is 0 Å². The molecule has 0 fully saturated rings. The van der Waals surface area contributed by atoms with Crippen molar-refractivity contribution in [2.45, 2.75) is 25.8 Å². The highest BCUT2D eigenvalue weighted by molar-refractivity contribution is 5.31. The van der Waals surface area contributed by atoms with Crippen molar-refractivity contribution < 1.29 is 9.13 Å². The van der Waals surface area contributed by atoms with Gasteiger partial charge in [-0.1, -0.05) is 19.1 Å². The first-order chi connectivity index (χ1) is 8.22. The zero-order chi connectivity index (χ0) is 12.7. The van der Waals surface area contributed by atoms with Crippen LogP contribution in [0.4, 0.5) is 4.39 Å². The quantitative estimate of drug-likeness (QED) is 0.733. The molecular weight excluding hydrogens is 217 g/mol. The number of methoxy groups -OCH3 is 1. The Bertz CT molecular complexity index is 365. The second-order valence-corrected chi connectivity index (χ2v) is 3.93. The van der Waals surface area contributed by atoms with Gasteiger partial charge in [-0.2, -0.15) is 0 Å². The molecule has 0 aliphatic heterocycles. The predicted molar refractivity (Wildman–Crippen MR) is 68.8 cm³/mol. The molecule has 0 amide bonds. The van der Waals surface area contributed by atoms with Crippen LogP contribution in [-0.2, 0) is 0 Å². The smallest absolute Gasteiger partial charge is 0.165 e. The molecule has 1 aromatic rings. The highest BCUT2D eigenvalue weighted by Gasteiger charge is 2.11. The third-order valence-electron chi connectivity index (χ3n) is 2.62. The maximum absolute atomic E-state index is 13.6. The fourth-order valence-electron chi connectivity index (χ4n) is 1.72. The third-order valence-corrected chi connectivity index (χ3v) is 2.62. The number of nitrogens with one attached hydrogen (secondary N) is 1. The molecule has 17 heavy (non-hydrogen) atoms. The fourth-order valence-corrected chi connectivity index (χ4v) is 1.72. The minimum Gasteiger partial charge on any atom is -0.494 e. The molecule has 0 bridgehead atoms. The molecule has 0 saturated heterocycles. The van der Waals surface area contributed by atoms with Gasteiger partial charge >= 0.3 is 0 Å². The van der Waals surface area contributed by atoms with Gasteiger partial charge in [0.15, 0.2) is 11.6 Å². The van der Waals surface area contributed by atoms with E-state index < -0.39 is 0 Å². The van der Waals surface area contributed by atoms with Crippen LogP contribution in [0.15, 0.2) is 30.9 Å². The minimum atomic E-state index is -0.322. The monoisotopic (exact) mass is 237 g/mol. The molecule has 0 aliphatic carbocycles. The molecule has 0 spiro atoms. The van der Waals surface area contributed by atoms with Crippen LogP contribution in [0.1, 0.15) is 31.4 Å². The van der Waals surface area contributed by atoms with Crippen molar-refractivity contribution in [2.75, 3.05) is 13.7 Å². The van der Waals surface area contributed by atoms with E-state index in [0.29, 0.717) is 0 Å². The molecular formula is C14H20FNO. The van der Waals surface area contributed by atoms with Crippen LogP contribution < -0.4 is 10.1 Å². The molecule has 3 heteroatoms. The van der Waals surface area contributed by atoms with Crippen LogP contribution in [0.25, 0.3) is 0 Å². The summed E-state index contributed by atoms with van der Waals surface area (Å²) in [5, 5.41) is 3.37. The van der Waals surface area contributed by atoms with Gasteiger partial charge in [-0.05, 0) is 37.1 Å². The first-order valence-corrected chi connectivity index (χ1v) is 5.90. The lowest BCUT2D eigenvalue weighted by Crippen LogP contribution is -2.21. The van der Waals surface area contributed by atoms with Crippen molar-refractivity contribution in [3.05, 3.63) is 42.2 Å². The van der Waals surface area contributed by atoms with E-state index in [4.69, 9.17) is 4.74 Å². The Kier molecular flexibility index (Phi) is 5.70. The maximum atomic E-state index is 13.6. The SMILES string of the molecule is C=CCC(NCCC)c1ccc(OC)c(F)c1. The Morgan fingerprint density at radius 1 is 1.53 bits per heavy atom. The first kappa shape index (κ1) is 13.7. The van der Waals surface area contributed by atoms with E-state index in [9.17, 15) is 4.39 Å². The van der Waals surface area contributed by atoms with Gasteiger partial charge in [0.05, 0.1) is 7.11 Å². The van der Waals surface area contributed by atoms with Crippen LogP contribution in [0.3, 0.4) is 0 Å². The van der Waals surface area contributed by atoms with Gasteiger partial charge in [-0.25, -0.2) is 4.39 Å². The minimum absolute atomic E-state index is 0.118. The number of hydrogen-bond acceptors (Lipinski definition) is 2. The Labute approximate surface area is 102 Å². The van der Waals surface area contributed by atoms with Crippen LogP contribution >= 0.6 is 0 Å². The zero-order valence-corrected chi connectivity index (χ0v) is 10.5. The Morgan fingerprint density at radius 3 is 2.82 bits per heavy atom. The van der Waals surface area contributed by atoms with Crippen molar-refractivity contribution >= 4 is 0 Å². The molecule has 1 N–H and O–H groups in total. The van der Waals surface area contributed by atoms with Crippen LogP contribution in [0.2, 0.25) is 0 Å². The number of benzene rings is 1.